The smallest absolute Gasteiger partial charge is 0.120 e. The number of methoxy groups -OCH3 is 1. The fraction of sp³-hybridized carbons (Fsp3) is 0.500. The molecule has 1 aliphatic carbocycles. The molecule has 0 N–H and O–H groups in total. The van der Waals surface area contributed by atoms with Crippen molar-refractivity contribution in [3.05, 3.63) is 28.3 Å². The third-order valence-corrected chi connectivity index (χ3v) is 3.82. The molecule has 0 aliphatic heterocycles. The van der Waals surface area contributed by atoms with Crippen molar-refractivity contribution < 1.29 is 4.74 Å². The van der Waals surface area contributed by atoms with E-state index in [1.165, 1.54) is 5.56 Å². The number of halogens is 2. The molecule has 2 unspecified atom stereocenters. The molecule has 1 aromatic carbocycles. The highest BCUT2D eigenvalue weighted by Gasteiger charge is 2.26. The maximum atomic E-state index is 6.30. The van der Waals surface area contributed by atoms with Crippen molar-refractivity contribution in [2.45, 2.75) is 31.1 Å². The second kappa shape index (κ2) is 4.23. The Balaban J connectivity index is 2.56. The summed E-state index contributed by atoms with van der Waals surface area (Å²) in [7, 11) is 1.65. The summed E-state index contributed by atoms with van der Waals surface area (Å²) in [6.07, 6.45) is 2.12. The van der Waals surface area contributed by atoms with Crippen LogP contribution in [0.4, 0.5) is 0 Å². The lowest BCUT2D eigenvalue weighted by atomic mass is 9.83. The maximum absolute atomic E-state index is 6.30. The first-order chi connectivity index (χ1) is 7.13. The molecule has 0 saturated carbocycles. The lowest BCUT2D eigenvalue weighted by Gasteiger charge is -2.27. The Morgan fingerprint density at radius 2 is 2.07 bits per heavy atom. The molecule has 82 valence electrons. The Hall–Kier alpha value is -0.400. The zero-order valence-corrected chi connectivity index (χ0v) is 10.4. The van der Waals surface area contributed by atoms with Crippen LogP contribution in [0.3, 0.4) is 0 Å². The van der Waals surface area contributed by atoms with Gasteiger partial charge in [0.2, 0.25) is 0 Å². The zero-order chi connectivity index (χ0) is 11.0. The van der Waals surface area contributed by atoms with Gasteiger partial charge in [-0.25, -0.2) is 0 Å². The highest BCUT2D eigenvalue weighted by Crippen LogP contribution is 2.45. The van der Waals surface area contributed by atoms with Gasteiger partial charge in [-0.2, -0.15) is 0 Å². The predicted octanol–water partition coefficient (Wildman–Crippen LogP) is 4.53. The molecule has 0 heterocycles. The van der Waals surface area contributed by atoms with E-state index in [0.29, 0.717) is 5.92 Å². The van der Waals surface area contributed by atoms with Gasteiger partial charge in [0.15, 0.2) is 0 Å². The van der Waals surface area contributed by atoms with Crippen LogP contribution >= 0.6 is 23.2 Å². The first kappa shape index (κ1) is 11.1. The van der Waals surface area contributed by atoms with Gasteiger partial charge in [0.05, 0.1) is 12.5 Å². The molecular weight excluding hydrogens is 231 g/mol. The van der Waals surface area contributed by atoms with Gasteiger partial charge < -0.3 is 4.74 Å². The zero-order valence-electron chi connectivity index (χ0n) is 8.89. The van der Waals surface area contributed by atoms with Crippen LogP contribution in [-0.4, -0.2) is 7.11 Å². The lowest BCUT2D eigenvalue weighted by molar-refractivity contribution is 0.413. The van der Waals surface area contributed by atoms with Crippen molar-refractivity contribution in [1.29, 1.82) is 0 Å². The summed E-state index contributed by atoms with van der Waals surface area (Å²) in [5.74, 6) is 1.28. The van der Waals surface area contributed by atoms with E-state index in [0.717, 1.165) is 29.2 Å². The molecule has 1 nitrogen and oxygen atoms in total. The molecule has 1 aromatic rings. The van der Waals surface area contributed by atoms with Crippen molar-refractivity contribution >= 4 is 23.2 Å². The minimum absolute atomic E-state index is 0.0730. The van der Waals surface area contributed by atoms with E-state index in [-0.39, 0.29) is 5.38 Å². The fourth-order valence-corrected chi connectivity index (χ4v) is 2.92. The number of hydrogen-bond acceptors (Lipinski definition) is 1. The van der Waals surface area contributed by atoms with Gasteiger partial charge >= 0.3 is 0 Å². The minimum Gasteiger partial charge on any atom is -0.497 e. The third-order valence-electron chi connectivity index (χ3n) is 3.05. The monoisotopic (exact) mass is 244 g/mol. The molecular formula is C12H14Cl2O. The molecule has 0 radical (unpaired) electrons. The van der Waals surface area contributed by atoms with Crippen molar-refractivity contribution in [3.8, 4) is 5.75 Å². The van der Waals surface area contributed by atoms with Gasteiger partial charge in [-0.15, -0.1) is 11.6 Å². The summed E-state index contributed by atoms with van der Waals surface area (Å²) in [6.45, 7) is 2.19. The number of fused-ring (bicyclic) bond motifs is 1. The second-order valence-electron chi connectivity index (χ2n) is 4.06. The summed E-state index contributed by atoms with van der Waals surface area (Å²) in [5.41, 5.74) is 2.34. The number of rotatable bonds is 1. The van der Waals surface area contributed by atoms with Crippen molar-refractivity contribution in [1.82, 2.24) is 0 Å². The molecule has 3 heteroatoms. The van der Waals surface area contributed by atoms with Gasteiger partial charge in [0.1, 0.15) is 5.75 Å². The number of hydrogen-bond donors (Lipinski definition) is 0. The highest BCUT2D eigenvalue weighted by molar-refractivity contribution is 6.32. The average Bonchev–Trinajstić information content (AvgIpc) is 2.23. The van der Waals surface area contributed by atoms with Crippen LogP contribution in [0, 0.1) is 0 Å². The molecule has 0 fully saturated rings. The fourth-order valence-electron chi connectivity index (χ4n) is 2.21. The van der Waals surface area contributed by atoms with Crippen LogP contribution in [0.15, 0.2) is 12.1 Å². The quantitative estimate of drug-likeness (QED) is 0.660. The Labute approximate surface area is 100 Å². The Kier molecular flexibility index (Phi) is 3.13. The molecule has 0 aromatic heterocycles. The van der Waals surface area contributed by atoms with Crippen LogP contribution in [0.5, 0.6) is 5.75 Å². The van der Waals surface area contributed by atoms with Gasteiger partial charge in [0.25, 0.3) is 0 Å². The Bertz CT molecular complexity index is 376. The van der Waals surface area contributed by atoms with E-state index >= 15 is 0 Å². The Morgan fingerprint density at radius 1 is 1.33 bits per heavy atom. The molecule has 0 amide bonds. The van der Waals surface area contributed by atoms with Crippen LogP contribution in [-0.2, 0) is 0 Å². The standard InChI is InChI=1S/C12H14Cl2O/c1-7-3-4-10(13)9-5-8(15-2)6-11(14)12(7)9/h5-7,10H,3-4H2,1-2H3. The van der Waals surface area contributed by atoms with Gasteiger partial charge in [-0.3, -0.25) is 0 Å². The van der Waals surface area contributed by atoms with Crippen LogP contribution in [0.25, 0.3) is 0 Å². The summed E-state index contributed by atoms with van der Waals surface area (Å²) in [4.78, 5) is 0. The first-order valence-electron chi connectivity index (χ1n) is 5.15. The van der Waals surface area contributed by atoms with E-state index < -0.39 is 0 Å². The van der Waals surface area contributed by atoms with Crippen molar-refractivity contribution in [3.63, 3.8) is 0 Å². The van der Waals surface area contributed by atoms with Crippen LogP contribution in [0.2, 0.25) is 5.02 Å². The molecule has 0 bridgehead atoms. The van der Waals surface area contributed by atoms with Crippen LogP contribution in [0.1, 0.15) is 42.2 Å². The molecule has 1 aliphatic rings. The number of benzene rings is 1. The number of ether oxygens (including phenoxy) is 1. The minimum atomic E-state index is 0.0730. The van der Waals surface area contributed by atoms with Gasteiger partial charge in [-0.05, 0) is 42.0 Å². The molecule has 0 saturated heterocycles. The van der Waals surface area contributed by atoms with E-state index in [1.807, 2.05) is 12.1 Å². The van der Waals surface area contributed by atoms with E-state index in [1.54, 1.807) is 7.11 Å². The summed E-state index contributed by atoms with van der Waals surface area (Å²) in [6, 6.07) is 3.88. The second-order valence-corrected chi connectivity index (χ2v) is 4.99. The van der Waals surface area contributed by atoms with E-state index in [9.17, 15) is 0 Å². The van der Waals surface area contributed by atoms with Crippen LogP contribution < -0.4 is 4.74 Å². The SMILES string of the molecule is COc1cc(Cl)c2c(c1)C(Cl)CCC2C. The third kappa shape index (κ3) is 1.95. The summed E-state index contributed by atoms with van der Waals surface area (Å²) >= 11 is 12.5. The van der Waals surface area contributed by atoms with E-state index in [2.05, 4.69) is 6.92 Å². The van der Waals surface area contributed by atoms with Gasteiger partial charge in [-0.1, -0.05) is 18.5 Å². The van der Waals surface area contributed by atoms with Crippen molar-refractivity contribution in [2.75, 3.05) is 7.11 Å². The van der Waals surface area contributed by atoms with Crippen molar-refractivity contribution in [2.24, 2.45) is 0 Å². The first-order valence-corrected chi connectivity index (χ1v) is 5.96. The average molecular weight is 245 g/mol. The molecule has 15 heavy (non-hydrogen) atoms. The molecule has 0 spiro atoms. The Morgan fingerprint density at radius 3 is 2.73 bits per heavy atom. The summed E-state index contributed by atoms with van der Waals surface area (Å²) < 4.78 is 5.20. The molecule has 2 atom stereocenters. The summed E-state index contributed by atoms with van der Waals surface area (Å²) in [5, 5.41) is 0.853. The highest BCUT2D eigenvalue weighted by atomic mass is 35.5. The van der Waals surface area contributed by atoms with E-state index in [4.69, 9.17) is 27.9 Å². The molecule has 2 rings (SSSR count). The maximum Gasteiger partial charge on any atom is 0.120 e. The number of alkyl halides is 1. The normalized spacial score (nSPS) is 24.8. The lowest BCUT2D eigenvalue weighted by Crippen LogP contribution is -2.10. The largest absolute Gasteiger partial charge is 0.497 e. The predicted molar refractivity (Wildman–Crippen MR) is 64.2 cm³/mol. The topological polar surface area (TPSA) is 9.23 Å². The van der Waals surface area contributed by atoms with Gasteiger partial charge in [0, 0.05) is 5.02 Å².